The number of aliphatic imine (C=N–C) groups is 1. The summed E-state index contributed by atoms with van der Waals surface area (Å²) in [6.45, 7) is 0.452. The SMILES string of the molecule is NC(=NCCc1ccc(S(N)(=O)=O)cc1)Nc1cccc(Oc2ccccc2)c1. The number of rotatable bonds is 7. The summed E-state index contributed by atoms with van der Waals surface area (Å²) in [5.74, 6) is 1.71. The fourth-order valence-electron chi connectivity index (χ4n) is 2.60. The normalized spacial score (nSPS) is 11.8. The van der Waals surface area contributed by atoms with Crippen LogP contribution in [0.25, 0.3) is 0 Å². The van der Waals surface area contributed by atoms with Crippen LogP contribution in [-0.4, -0.2) is 20.9 Å². The molecule has 0 heterocycles. The zero-order valence-electron chi connectivity index (χ0n) is 15.7. The number of primary sulfonamides is 1. The van der Waals surface area contributed by atoms with Gasteiger partial charge in [0.1, 0.15) is 11.5 Å². The average Bonchev–Trinajstić information content (AvgIpc) is 2.69. The molecule has 0 radical (unpaired) electrons. The highest BCUT2D eigenvalue weighted by atomic mass is 32.2. The van der Waals surface area contributed by atoms with E-state index in [1.165, 1.54) is 12.1 Å². The molecule has 0 unspecified atom stereocenters. The van der Waals surface area contributed by atoms with Crippen LogP contribution in [0.15, 0.2) is 88.8 Å². The highest BCUT2D eigenvalue weighted by Crippen LogP contribution is 2.23. The van der Waals surface area contributed by atoms with Crippen LogP contribution < -0.4 is 20.9 Å². The molecule has 0 amide bonds. The summed E-state index contributed by atoms with van der Waals surface area (Å²) in [6, 6.07) is 23.3. The average molecular weight is 410 g/mol. The summed E-state index contributed by atoms with van der Waals surface area (Å²) in [7, 11) is -3.68. The maximum absolute atomic E-state index is 11.3. The number of anilines is 1. The van der Waals surface area contributed by atoms with Crippen LogP contribution in [0.3, 0.4) is 0 Å². The van der Waals surface area contributed by atoms with E-state index in [2.05, 4.69) is 10.3 Å². The van der Waals surface area contributed by atoms with Crippen molar-refractivity contribution in [1.82, 2.24) is 0 Å². The Hall–Kier alpha value is -3.36. The Morgan fingerprint density at radius 3 is 2.31 bits per heavy atom. The van der Waals surface area contributed by atoms with Gasteiger partial charge in [-0.15, -0.1) is 0 Å². The minimum Gasteiger partial charge on any atom is -0.457 e. The van der Waals surface area contributed by atoms with Crippen LogP contribution in [0.1, 0.15) is 5.56 Å². The molecule has 0 fully saturated rings. The van der Waals surface area contributed by atoms with Crippen LogP contribution >= 0.6 is 0 Å². The molecule has 3 rings (SSSR count). The molecule has 0 aliphatic rings. The van der Waals surface area contributed by atoms with E-state index in [1.54, 1.807) is 12.1 Å². The lowest BCUT2D eigenvalue weighted by molar-refractivity contribution is 0.483. The molecule has 0 aliphatic carbocycles. The third kappa shape index (κ3) is 6.34. The van der Waals surface area contributed by atoms with E-state index in [0.717, 1.165) is 17.0 Å². The zero-order valence-corrected chi connectivity index (χ0v) is 16.5. The quantitative estimate of drug-likeness (QED) is 0.408. The van der Waals surface area contributed by atoms with Crippen molar-refractivity contribution in [2.24, 2.45) is 15.9 Å². The van der Waals surface area contributed by atoms with Gasteiger partial charge in [-0.2, -0.15) is 0 Å². The zero-order chi connectivity index (χ0) is 20.7. The van der Waals surface area contributed by atoms with E-state index < -0.39 is 10.0 Å². The first kappa shape index (κ1) is 20.4. The van der Waals surface area contributed by atoms with Crippen LogP contribution in [0.4, 0.5) is 5.69 Å². The molecule has 0 saturated heterocycles. The monoisotopic (exact) mass is 410 g/mol. The van der Waals surface area contributed by atoms with Crippen LogP contribution in [0, 0.1) is 0 Å². The topological polar surface area (TPSA) is 120 Å². The van der Waals surface area contributed by atoms with E-state index >= 15 is 0 Å². The second kappa shape index (κ2) is 9.22. The molecule has 150 valence electrons. The molecular weight excluding hydrogens is 388 g/mol. The Balaban J connectivity index is 1.55. The number of nitrogens with two attached hydrogens (primary N) is 2. The van der Waals surface area contributed by atoms with Gasteiger partial charge in [-0.3, -0.25) is 4.99 Å². The maximum Gasteiger partial charge on any atom is 0.238 e. The Bertz CT molecular complexity index is 1080. The highest BCUT2D eigenvalue weighted by molar-refractivity contribution is 7.89. The van der Waals surface area contributed by atoms with Gasteiger partial charge in [0.2, 0.25) is 10.0 Å². The Kier molecular flexibility index (Phi) is 6.48. The van der Waals surface area contributed by atoms with E-state index in [-0.39, 0.29) is 10.9 Å². The van der Waals surface area contributed by atoms with Gasteiger partial charge in [-0.1, -0.05) is 36.4 Å². The molecule has 0 saturated carbocycles. The van der Waals surface area contributed by atoms with Crippen molar-refractivity contribution in [3.8, 4) is 11.5 Å². The van der Waals surface area contributed by atoms with Crippen LogP contribution in [-0.2, 0) is 16.4 Å². The van der Waals surface area contributed by atoms with Crippen molar-refractivity contribution in [1.29, 1.82) is 0 Å². The lowest BCUT2D eigenvalue weighted by Gasteiger charge is -2.09. The number of para-hydroxylation sites is 1. The van der Waals surface area contributed by atoms with Crippen molar-refractivity contribution in [2.45, 2.75) is 11.3 Å². The predicted octanol–water partition coefficient (Wildman–Crippen LogP) is 3.10. The smallest absolute Gasteiger partial charge is 0.238 e. The third-order valence-corrected chi connectivity index (χ3v) is 4.95. The molecular formula is C21H22N4O3S. The molecule has 0 spiro atoms. The van der Waals surface area contributed by atoms with Crippen molar-refractivity contribution < 1.29 is 13.2 Å². The van der Waals surface area contributed by atoms with Gasteiger partial charge in [0, 0.05) is 18.3 Å². The summed E-state index contributed by atoms with van der Waals surface area (Å²) in [5, 5.41) is 8.13. The van der Waals surface area contributed by atoms with Crippen molar-refractivity contribution >= 4 is 21.7 Å². The van der Waals surface area contributed by atoms with Crippen molar-refractivity contribution in [2.75, 3.05) is 11.9 Å². The molecule has 29 heavy (non-hydrogen) atoms. The first-order valence-corrected chi connectivity index (χ1v) is 10.5. The number of nitrogens with one attached hydrogen (secondary N) is 1. The number of hydrogen-bond acceptors (Lipinski definition) is 4. The molecule has 5 N–H and O–H groups in total. The number of hydrogen-bond donors (Lipinski definition) is 3. The van der Waals surface area contributed by atoms with Gasteiger partial charge in [-0.05, 0) is 48.4 Å². The molecule has 3 aromatic rings. The van der Waals surface area contributed by atoms with Gasteiger partial charge >= 0.3 is 0 Å². The van der Waals surface area contributed by atoms with Gasteiger partial charge in [0.05, 0.1) is 4.90 Å². The predicted molar refractivity (Wildman–Crippen MR) is 115 cm³/mol. The second-order valence-electron chi connectivity index (χ2n) is 6.27. The third-order valence-electron chi connectivity index (χ3n) is 4.02. The molecule has 7 nitrogen and oxygen atoms in total. The van der Waals surface area contributed by atoms with E-state index in [9.17, 15) is 8.42 Å². The van der Waals surface area contributed by atoms with Crippen LogP contribution in [0.2, 0.25) is 0 Å². The van der Waals surface area contributed by atoms with Crippen LogP contribution in [0.5, 0.6) is 11.5 Å². The number of guanidine groups is 1. The summed E-state index contributed by atoms with van der Waals surface area (Å²) in [6.07, 6.45) is 0.616. The molecule has 8 heteroatoms. The summed E-state index contributed by atoms with van der Waals surface area (Å²) < 4.78 is 28.3. The molecule has 3 aromatic carbocycles. The highest BCUT2D eigenvalue weighted by Gasteiger charge is 2.06. The Morgan fingerprint density at radius 1 is 0.931 bits per heavy atom. The van der Waals surface area contributed by atoms with E-state index in [0.29, 0.717) is 18.7 Å². The van der Waals surface area contributed by atoms with Crippen molar-refractivity contribution in [3.05, 3.63) is 84.4 Å². The molecule has 0 atom stereocenters. The van der Waals surface area contributed by atoms with E-state index in [1.807, 2.05) is 54.6 Å². The lowest BCUT2D eigenvalue weighted by Crippen LogP contribution is -2.23. The van der Waals surface area contributed by atoms with E-state index in [4.69, 9.17) is 15.6 Å². The first-order valence-electron chi connectivity index (χ1n) is 8.92. The van der Waals surface area contributed by atoms with Gasteiger partial charge in [0.15, 0.2) is 5.96 Å². The van der Waals surface area contributed by atoms with Gasteiger partial charge < -0.3 is 15.8 Å². The van der Waals surface area contributed by atoms with Gasteiger partial charge in [0.25, 0.3) is 0 Å². The summed E-state index contributed by atoms with van der Waals surface area (Å²) in [5.41, 5.74) is 7.65. The minimum absolute atomic E-state index is 0.0866. The first-order chi connectivity index (χ1) is 13.9. The van der Waals surface area contributed by atoms with Gasteiger partial charge in [-0.25, -0.2) is 13.6 Å². The molecule has 0 bridgehead atoms. The number of nitrogens with zero attached hydrogens (tertiary/aromatic N) is 1. The summed E-state index contributed by atoms with van der Waals surface area (Å²) >= 11 is 0. The Morgan fingerprint density at radius 2 is 1.62 bits per heavy atom. The lowest BCUT2D eigenvalue weighted by atomic mass is 10.1. The Labute approximate surface area is 170 Å². The fourth-order valence-corrected chi connectivity index (χ4v) is 3.12. The maximum atomic E-state index is 11.3. The largest absolute Gasteiger partial charge is 0.457 e. The minimum atomic E-state index is -3.68. The number of ether oxygens (including phenoxy) is 1. The second-order valence-corrected chi connectivity index (χ2v) is 7.84. The summed E-state index contributed by atoms with van der Waals surface area (Å²) in [4.78, 5) is 4.39. The number of benzene rings is 3. The fraction of sp³-hybridized carbons (Fsp3) is 0.0952. The number of sulfonamides is 1. The molecule has 0 aliphatic heterocycles. The van der Waals surface area contributed by atoms with Crippen molar-refractivity contribution in [3.63, 3.8) is 0 Å². The molecule has 0 aromatic heterocycles. The standard InChI is InChI=1S/C21H22N4O3S/c22-21(24-14-13-16-9-11-20(12-10-16)29(23,26)27)25-17-5-4-8-19(15-17)28-18-6-2-1-3-7-18/h1-12,15H,13-14H2,(H3,22,24,25)(H2,23,26,27).